The van der Waals surface area contributed by atoms with Crippen LogP contribution >= 0.6 is 11.6 Å². The molecule has 0 radical (unpaired) electrons. The molecule has 0 amide bonds. The Morgan fingerprint density at radius 3 is 2.22 bits per heavy atom. The molecular weight excluding hydrogens is 388 g/mol. The molecule has 0 aliphatic carbocycles. The molecule has 0 saturated heterocycles. The summed E-state index contributed by atoms with van der Waals surface area (Å²) in [5.41, 5.74) is 1.91. The molecule has 2 aromatic carbocycles. The summed E-state index contributed by atoms with van der Waals surface area (Å²) in [6, 6.07) is 16.5. The summed E-state index contributed by atoms with van der Waals surface area (Å²) in [4.78, 5) is 11.4. The van der Waals surface area contributed by atoms with E-state index in [1.54, 1.807) is 12.1 Å². The summed E-state index contributed by atoms with van der Waals surface area (Å²) >= 11 is 5.82. The van der Waals surface area contributed by atoms with Crippen molar-refractivity contribution in [1.29, 1.82) is 0 Å². The molecule has 0 fully saturated rings. The minimum Gasteiger partial charge on any atom is -0.480 e. The number of aliphatic carboxylic acids is 1. The van der Waals surface area contributed by atoms with E-state index >= 15 is 0 Å². The lowest BCUT2D eigenvalue weighted by Crippen LogP contribution is -2.34. The predicted molar refractivity (Wildman–Crippen MR) is 106 cm³/mol. The van der Waals surface area contributed by atoms with Crippen molar-refractivity contribution in [2.75, 3.05) is 19.0 Å². The van der Waals surface area contributed by atoms with Crippen LogP contribution in [0.3, 0.4) is 0 Å². The van der Waals surface area contributed by atoms with Gasteiger partial charge in [-0.3, -0.25) is 4.79 Å². The van der Waals surface area contributed by atoms with Crippen molar-refractivity contribution in [3.63, 3.8) is 0 Å². The van der Waals surface area contributed by atoms with Gasteiger partial charge < -0.3 is 9.84 Å². The number of hydrogen-bond acceptors (Lipinski definition) is 4. The molecule has 0 bridgehead atoms. The van der Waals surface area contributed by atoms with E-state index in [4.69, 9.17) is 16.3 Å². The second kappa shape index (κ2) is 10.4. The van der Waals surface area contributed by atoms with Crippen LogP contribution in [0.2, 0.25) is 5.02 Å². The van der Waals surface area contributed by atoms with Crippen LogP contribution < -0.4 is 0 Å². The maximum absolute atomic E-state index is 12.4. The molecule has 1 unspecified atom stereocenters. The zero-order chi connectivity index (χ0) is 19.7. The van der Waals surface area contributed by atoms with Crippen LogP contribution in [0.5, 0.6) is 0 Å². The lowest BCUT2D eigenvalue weighted by molar-refractivity contribution is -0.136. The number of benzene rings is 2. The standard InChI is InChI=1S/C20H23ClO5S/c21-18-8-6-17(7-9-18)10-13-26-14-11-19(20(22)23)27(24,25)15-12-16-4-2-1-3-5-16/h1-9,19H,10-15H2,(H,22,23). The van der Waals surface area contributed by atoms with Gasteiger partial charge in [0.05, 0.1) is 12.4 Å². The van der Waals surface area contributed by atoms with Gasteiger partial charge in [0.25, 0.3) is 0 Å². The van der Waals surface area contributed by atoms with E-state index in [2.05, 4.69) is 0 Å². The third-order valence-electron chi connectivity index (χ3n) is 4.20. The molecule has 1 atom stereocenters. The Balaban J connectivity index is 1.79. The first-order valence-electron chi connectivity index (χ1n) is 8.69. The maximum Gasteiger partial charge on any atom is 0.321 e. The zero-order valence-corrected chi connectivity index (χ0v) is 16.5. The third kappa shape index (κ3) is 7.33. The van der Waals surface area contributed by atoms with Crippen LogP contribution in [0.1, 0.15) is 17.5 Å². The summed E-state index contributed by atoms with van der Waals surface area (Å²) in [6.07, 6.45) is 0.882. The fraction of sp³-hybridized carbons (Fsp3) is 0.350. The fourth-order valence-electron chi connectivity index (χ4n) is 2.64. The van der Waals surface area contributed by atoms with Crippen molar-refractivity contribution >= 4 is 27.4 Å². The van der Waals surface area contributed by atoms with Gasteiger partial charge >= 0.3 is 5.97 Å². The van der Waals surface area contributed by atoms with Crippen molar-refractivity contribution in [2.45, 2.75) is 24.5 Å². The third-order valence-corrected chi connectivity index (χ3v) is 6.53. The number of hydrogen-bond donors (Lipinski definition) is 1. The SMILES string of the molecule is O=C(O)C(CCOCCc1ccc(Cl)cc1)S(=O)(=O)CCc1ccccc1. The van der Waals surface area contributed by atoms with E-state index in [9.17, 15) is 18.3 Å². The normalized spacial score (nSPS) is 12.6. The molecular formula is C20H23ClO5S. The Kier molecular flexibility index (Phi) is 8.28. The van der Waals surface area contributed by atoms with E-state index in [-0.39, 0.29) is 18.8 Å². The number of rotatable bonds is 11. The summed E-state index contributed by atoms with van der Waals surface area (Å²) in [5, 5.41) is 8.53. The molecule has 5 nitrogen and oxygen atoms in total. The summed E-state index contributed by atoms with van der Waals surface area (Å²) < 4.78 is 30.3. The number of halogens is 1. The van der Waals surface area contributed by atoms with Crippen molar-refractivity contribution in [2.24, 2.45) is 0 Å². The fourth-order valence-corrected chi connectivity index (χ4v) is 4.33. The first-order valence-corrected chi connectivity index (χ1v) is 10.8. The summed E-state index contributed by atoms with van der Waals surface area (Å²) in [5.74, 6) is -1.52. The van der Waals surface area contributed by atoms with Gasteiger partial charge in [-0.05, 0) is 42.5 Å². The van der Waals surface area contributed by atoms with E-state index < -0.39 is 21.1 Å². The first kappa shape index (κ1) is 21.4. The van der Waals surface area contributed by atoms with Gasteiger partial charge in [0, 0.05) is 11.6 Å². The van der Waals surface area contributed by atoms with Gasteiger partial charge in [0.2, 0.25) is 0 Å². The minimum atomic E-state index is -3.76. The average Bonchev–Trinajstić information content (AvgIpc) is 2.65. The van der Waals surface area contributed by atoms with Crippen LogP contribution in [0.15, 0.2) is 54.6 Å². The maximum atomic E-state index is 12.4. The lowest BCUT2D eigenvalue weighted by Gasteiger charge is -2.14. The number of ether oxygens (including phenoxy) is 1. The Morgan fingerprint density at radius 1 is 0.963 bits per heavy atom. The van der Waals surface area contributed by atoms with Gasteiger partial charge in [-0.2, -0.15) is 0 Å². The number of carboxylic acids is 1. The smallest absolute Gasteiger partial charge is 0.321 e. The summed E-state index contributed by atoms with van der Waals surface area (Å²) in [6.45, 7) is 0.465. The van der Waals surface area contributed by atoms with E-state index in [1.165, 1.54) is 0 Å². The molecule has 0 aliphatic rings. The molecule has 7 heteroatoms. The Labute approximate surface area is 164 Å². The molecule has 146 valence electrons. The van der Waals surface area contributed by atoms with Gasteiger partial charge in [0.1, 0.15) is 0 Å². The van der Waals surface area contributed by atoms with Gasteiger partial charge in [-0.1, -0.05) is 54.1 Å². The molecule has 2 rings (SSSR count). The van der Waals surface area contributed by atoms with Gasteiger partial charge in [-0.15, -0.1) is 0 Å². The Morgan fingerprint density at radius 2 is 1.59 bits per heavy atom. The van der Waals surface area contributed by atoms with Crippen LogP contribution in [0, 0.1) is 0 Å². The lowest BCUT2D eigenvalue weighted by atomic mass is 10.2. The molecule has 2 aromatic rings. The van der Waals surface area contributed by atoms with Crippen molar-refractivity contribution < 1.29 is 23.1 Å². The molecule has 0 aromatic heterocycles. The average molecular weight is 411 g/mol. The van der Waals surface area contributed by atoms with E-state index in [0.29, 0.717) is 24.5 Å². The van der Waals surface area contributed by atoms with Crippen LogP contribution in [-0.4, -0.2) is 43.7 Å². The highest BCUT2D eigenvalue weighted by atomic mass is 35.5. The monoisotopic (exact) mass is 410 g/mol. The number of carbonyl (C=O) groups is 1. The quantitative estimate of drug-likeness (QED) is 0.574. The largest absolute Gasteiger partial charge is 0.480 e. The van der Waals surface area contributed by atoms with Crippen LogP contribution in [0.25, 0.3) is 0 Å². The number of carboxylic acid groups (broad SMARTS) is 1. The molecule has 0 saturated carbocycles. The number of aryl methyl sites for hydroxylation is 1. The highest BCUT2D eigenvalue weighted by Crippen LogP contribution is 2.13. The Hall–Kier alpha value is -1.89. The molecule has 0 spiro atoms. The minimum absolute atomic E-state index is 0.0624. The topological polar surface area (TPSA) is 80.7 Å². The highest BCUT2D eigenvalue weighted by molar-refractivity contribution is 7.92. The molecule has 1 N–H and O–H groups in total. The van der Waals surface area contributed by atoms with Crippen molar-refractivity contribution in [3.8, 4) is 0 Å². The van der Waals surface area contributed by atoms with E-state index in [1.807, 2.05) is 42.5 Å². The summed E-state index contributed by atoms with van der Waals surface area (Å²) in [7, 11) is -3.76. The van der Waals surface area contributed by atoms with Crippen LogP contribution in [-0.2, 0) is 32.2 Å². The van der Waals surface area contributed by atoms with E-state index in [0.717, 1.165) is 11.1 Å². The predicted octanol–water partition coefficient (Wildman–Crippen LogP) is 3.40. The first-order chi connectivity index (χ1) is 12.9. The second-order valence-corrected chi connectivity index (χ2v) is 8.95. The van der Waals surface area contributed by atoms with Gasteiger partial charge in [-0.25, -0.2) is 8.42 Å². The molecule has 0 aliphatic heterocycles. The molecule has 27 heavy (non-hydrogen) atoms. The Bertz CT molecular complexity index is 819. The van der Waals surface area contributed by atoms with Crippen molar-refractivity contribution in [1.82, 2.24) is 0 Å². The zero-order valence-electron chi connectivity index (χ0n) is 14.9. The van der Waals surface area contributed by atoms with Crippen molar-refractivity contribution in [3.05, 3.63) is 70.7 Å². The highest BCUT2D eigenvalue weighted by Gasteiger charge is 2.31. The van der Waals surface area contributed by atoms with Gasteiger partial charge in [0.15, 0.2) is 15.1 Å². The molecule has 0 heterocycles. The second-order valence-electron chi connectivity index (χ2n) is 6.21. The number of sulfone groups is 1. The van der Waals surface area contributed by atoms with Crippen LogP contribution in [0.4, 0.5) is 0 Å².